The van der Waals surface area contributed by atoms with Gasteiger partial charge in [-0.2, -0.15) is 0 Å². The van der Waals surface area contributed by atoms with Crippen LogP contribution >= 0.6 is 23.2 Å². The van der Waals surface area contributed by atoms with Crippen LogP contribution in [0.25, 0.3) is 0 Å². The average Bonchev–Trinajstić information content (AvgIpc) is 2.79. The molecule has 3 amide bonds. The molecule has 0 radical (unpaired) electrons. The number of rotatable bonds is 2. The fraction of sp³-hybridized carbons (Fsp3) is 0.467. The summed E-state index contributed by atoms with van der Waals surface area (Å²) < 4.78 is -0.788. The number of benzene rings is 1. The van der Waals surface area contributed by atoms with E-state index in [1.54, 1.807) is 0 Å². The van der Waals surface area contributed by atoms with Crippen molar-refractivity contribution in [2.45, 2.75) is 29.1 Å². The van der Waals surface area contributed by atoms with Crippen LogP contribution in [-0.4, -0.2) is 27.7 Å². The summed E-state index contributed by atoms with van der Waals surface area (Å²) in [6.45, 7) is 0.293. The van der Waals surface area contributed by atoms with Crippen molar-refractivity contribution in [3.05, 3.63) is 35.4 Å². The van der Waals surface area contributed by atoms with Crippen LogP contribution in [0, 0.1) is 5.92 Å². The maximum Gasteiger partial charge on any atom is 0.325 e. The zero-order chi connectivity index (χ0) is 14.8. The Labute approximate surface area is 132 Å². The van der Waals surface area contributed by atoms with Gasteiger partial charge in [0.2, 0.25) is 0 Å². The summed E-state index contributed by atoms with van der Waals surface area (Å²) in [6.07, 6.45) is 2.04. The van der Waals surface area contributed by atoms with Gasteiger partial charge in [-0.3, -0.25) is 9.69 Å². The van der Waals surface area contributed by atoms with E-state index in [1.807, 2.05) is 24.3 Å². The molecule has 3 aliphatic rings. The van der Waals surface area contributed by atoms with Crippen LogP contribution in [-0.2, 0) is 16.8 Å². The van der Waals surface area contributed by atoms with Crippen molar-refractivity contribution in [2.24, 2.45) is 5.92 Å². The van der Waals surface area contributed by atoms with Gasteiger partial charge >= 0.3 is 6.03 Å². The van der Waals surface area contributed by atoms with Crippen molar-refractivity contribution < 1.29 is 9.59 Å². The Morgan fingerprint density at radius 3 is 2.71 bits per heavy atom. The number of urea groups is 1. The molecule has 1 saturated carbocycles. The summed E-state index contributed by atoms with van der Waals surface area (Å²) in [5, 5.41) is 2.90. The van der Waals surface area contributed by atoms with Crippen LogP contribution in [0.5, 0.6) is 0 Å². The molecule has 2 unspecified atom stereocenters. The van der Waals surface area contributed by atoms with Gasteiger partial charge in [-0.25, -0.2) is 4.79 Å². The number of hydrogen-bond acceptors (Lipinski definition) is 2. The lowest BCUT2D eigenvalue weighted by atomic mass is 9.92. The molecule has 2 fully saturated rings. The highest BCUT2D eigenvalue weighted by Gasteiger charge is 2.59. The molecular weight excluding hydrogens is 311 g/mol. The summed E-state index contributed by atoms with van der Waals surface area (Å²) in [6, 6.07) is 7.45. The number of halogens is 2. The van der Waals surface area contributed by atoms with Crippen molar-refractivity contribution in [3.8, 4) is 0 Å². The molecule has 0 bridgehead atoms. The normalized spacial score (nSPS) is 32.5. The van der Waals surface area contributed by atoms with Gasteiger partial charge in [-0.15, -0.1) is 23.2 Å². The van der Waals surface area contributed by atoms with Crippen LogP contribution in [0.3, 0.4) is 0 Å². The Morgan fingerprint density at radius 1 is 1.29 bits per heavy atom. The third-order valence-corrected chi connectivity index (χ3v) is 5.71. The van der Waals surface area contributed by atoms with Crippen molar-refractivity contribution in [2.75, 3.05) is 6.54 Å². The lowest BCUT2D eigenvalue weighted by Crippen LogP contribution is -2.42. The zero-order valence-electron chi connectivity index (χ0n) is 11.2. The number of alkyl halides is 2. The van der Waals surface area contributed by atoms with Gasteiger partial charge in [-0.05, 0) is 30.4 Å². The number of aryl methyl sites for hydroxylation is 1. The van der Waals surface area contributed by atoms with E-state index >= 15 is 0 Å². The minimum Gasteiger partial charge on any atom is -0.319 e. The molecule has 1 saturated heterocycles. The fourth-order valence-corrected chi connectivity index (χ4v) is 3.95. The first-order valence-corrected chi connectivity index (χ1v) is 7.80. The summed E-state index contributed by atoms with van der Waals surface area (Å²) in [7, 11) is 0. The lowest BCUT2D eigenvalue weighted by Gasteiger charge is -2.22. The van der Waals surface area contributed by atoms with Crippen LogP contribution in [0.1, 0.15) is 24.0 Å². The molecule has 4 rings (SSSR count). The number of imide groups is 1. The number of carbonyl (C=O) groups excluding carboxylic acids is 2. The van der Waals surface area contributed by atoms with E-state index in [4.69, 9.17) is 23.2 Å². The third-order valence-electron chi connectivity index (χ3n) is 4.78. The molecular formula is C15H14Cl2N2O2. The highest BCUT2D eigenvalue weighted by molar-refractivity contribution is 6.50. The van der Waals surface area contributed by atoms with E-state index in [0.29, 0.717) is 19.4 Å². The van der Waals surface area contributed by atoms with Crippen molar-refractivity contribution in [1.82, 2.24) is 10.2 Å². The maximum atomic E-state index is 12.8. The second kappa shape index (κ2) is 4.14. The average molecular weight is 325 g/mol. The molecule has 21 heavy (non-hydrogen) atoms. The quantitative estimate of drug-likeness (QED) is 0.671. The van der Waals surface area contributed by atoms with Crippen LogP contribution < -0.4 is 5.32 Å². The van der Waals surface area contributed by atoms with Crippen molar-refractivity contribution in [3.63, 3.8) is 0 Å². The fourth-order valence-electron chi connectivity index (χ4n) is 3.44. The van der Waals surface area contributed by atoms with Gasteiger partial charge in [0, 0.05) is 12.5 Å². The van der Waals surface area contributed by atoms with E-state index < -0.39 is 9.87 Å². The van der Waals surface area contributed by atoms with E-state index in [9.17, 15) is 9.59 Å². The molecule has 2 aliphatic carbocycles. The third kappa shape index (κ3) is 1.82. The van der Waals surface area contributed by atoms with Gasteiger partial charge in [0.1, 0.15) is 9.87 Å². The SMILES string of the molecule is O=C1NC2(CCc3ccccc32)C(=O)N1CC1CC1(Cl)Cl. The van der Waals surface area contributed by atoms with E-state index in [0.717, 1.165) is 17.5 Å². The Hall–Kier alpha value is -1.26. The minimum absolute atomic E-state index is 0.0256. The van der Waals surface area contributed by atoms with Gasteiger partial charge in [0.25, 0.3) is 5.91 Å². The largest absolute Gasteiger partial charge is 0.325 e. The van der Waals surface area contributed by atoms with Crippen LogP contribution in [0.15, 0.2) is 24.3 Å². The number of nitrogens with one attached hydrogen (secondary N) is 1. The molecule has 6 heteroatoms. The van der Waals surface area contributed by atoms with E-state index in [2.05, 4.69) is 5.32 Å². The molecule has 1 N–H and O–H groups in total. The topological polar surface area (TPSA) is 49.4 Å². The standard InChI is InChI=1S/C15H14Cl2N2O2/c16-15(17)7-10(15)8-19-12(20)14(18-13(19)21)6-5-9-3-1-2-4-11(9)14/h1-4,10H,5-8H2,(H,18,21). The van der Waals surface area contributed by atoms with Crippen LogP contribution in [0.2, 0.25) is 0 Å². The van der Waals surface area contributed by atoms with Gasteiger partial charge < -0.3 is 5.32 Å². The number of carbonyl (C=O) groups is 2. The second-order valence-corrected chi connectivity index (χ2v) is 7.61. The molecule has 110 valence electrons. The molecule has 4 nitrogen and oxygen atoms in total. The van der Waals surface area contributed by atoms with Gasteiger partial charge in [0.05, 0.1) is 0 Å². The smallest absolute Gasteiger partial charge is 0.319 e. The predicted octanol–water partition coefficient (Wildman–Crippen LogP) is 2.57. The highest BCUT2D eigenvalue weighted by Crippen LogP contribution is 2.54. The number of amides is 3. The van der Waals surface area contributed by atoms with Crippen LogP contribution in [0.4, 0.5) is 4.79 Å². The number of nitrogens with zero attached hydrogens (tertiary/aromatic N) is 1. The summed E-state index contributed by atoms with van der Waals surface area (Å²) in [5.74, 6) is -0.198. The first kappa shape index (κ1) is 13.4. The second-order valence-electron chi connectivity index (χ2n) is 6.07. The first-order valence-electron chi connectivity index (χ1n) is 7.04. The molecule has 1 spiro atoms. The van der Waals surface area contributed by atoms with Crippen molar-refractivity contribution >= 4 is 35.1 Å². The summed E-state index contributed by atoms with van der Waals surface area (Å²) in [5.41, 5.74) is 1.16. The Morgan fingerprint density at radius 2 is 2.00 bits per heavy atom. The monoisotopic (exact) mass is 324 g/mol. The predicted molar refractivity (Wildman–Crippen MR) is 79.2 cm³/mol. The number of hydrogen-bond donors (Lipinski definition) is 1. The minimum atomic E-state index is -0.885. The van der Waals surface area contributed by atoms with E-state index in [1.165, 1.54) is 4.90 Å². The molecule has 1 aromatic carbocycles. The molecule has 1 aliphatic heterocycles. The zero-order valence-corrected chi connectivity index (χ0v) is 12.7. The van der Waals surface area contributed by atoms with E-state index in [-0.39, 0.29) is 17.9 Å². The van der Waals surface area contributed by atoms with Crippen molar-refractivity contribution in [1.29, 1.82) is 0 Å². The molecule has 0 aromatic heterocycles. The summed E-state index contributed by atoms with van der Waals surface area (Å²) in [4.78, 5) is 26.3. The Bertz CT molecular complexity index is 661. The van der Waals surface area contributed by atoms with Gasteiger partial charge in [0.15, 0.2) is 0 Å². The molecule has 1 heterocycles. The summed E-state index contributed by atoms with van der Waals surface area (Å²) >= 11 is 12.0. The highest BCUT2D eigenvalue weighted by atomic mass is 35.5. The van der Waals surface area contributed by atoms with Gasteiger partial charge in [-0.1, -0.05) is 24.3 Å². The maximum absolute atomic E-state index is 12.8. The number of fused-ring (bicyclic) bond motifs is 2. The Balaban J connectivity index is 1.65. The Kier molecular flexibility index (Phi) is 2.64. The molecule has 2 atom stereocenters. The first-order chi connectivity index (χ1) is 9.94. The lowest BCUT2D eigenvalue weighted by molar-refractivity contribution is -0.131. The molecule has 1 aromatic rings.